The molecule has 17 heavy (non-hydrogen) atoms. The molecule has 1 saturated heterocycles. The Balaban J connectivity index is 2.22. The Morgan fingerprint density at radius 2 is 2.29 bits per heavy atom. The van der Waals surface area contributed by atoms with E-state index in [-0.39, 0.29) is 11.5 Å². The van der Waals surface area contributed by atoms with Crippen LogP contribution < -0.4 is 5.32 Å². The number of sulfone groups is 1. The maximum absolute atomic E-state index is 11.7. The summed E-state index contributed by atoms with van der Waals surface area (Å²) >= 11 is 0. The van der Waals surface area contributed by atoms with Crippen LogP contribution in [0.1, 0.15) is 11.6 Å². The van der Waals surface area contributed by atoms with Crippen LogP contribution in [0, 0.1) is 0 Å². The van der Waals surface area contributed by atoms with Gasteiger partial charge in [0.05, 0.1) is 31.1 Å². The highest BCUT2D eigenvalue weighted by Crippen LogP contribution is 2.21. The van der Waals surface area contributed by atoms with Crippen molar-refractivity contribution in [2.24, 2.45) is 0 Å². The Morgan fingerprint density at radius 3 is 2.88 bits per heavy atom. The molecule has 1 aliphatic rings. The van der Waals surface area contributed by atoms with E-state index in [1.54, 1.807) is 6.07 Å². The van der Waals surface area contributed by atoms with E-state index in [1.807, 2.05) is 0 Å². The summed E-state index contributed by atoms with van der Waals surface area (Å²) in [6.07, 6.45) is 2.93. The molecule has 2 unspecified atom stereocenters. The van der Waals surface area contributed by atoms with Crippen molar-refractivity contribution in [2.45, 2.75) is 12.1 Å². The van der Waals surface area contributed by atoms with Crippen LogP contribution in [0.5, 0.6) is 0 Å². The molecule has 0 bridgehead atoms. The van der Waals surface area contributed by atoms with Gasteiger partial charge >= 0.3 is 5.97 Å². The van der Waals surface area contributed by atoms with Crippen molar-refractivity contribution in [3.05, 3.63) is 24.2 Å². The predicted octanol–water partition coefficient (Wildman–Crippen LogP) is -0.120. The smallest absolute Gasteiger partial charge is 0.323 e. The van der Waals surface area contributed by atoms with Crippen molar-refractivity contribution in [1.29, 1.82) is 0 Å². The molecule has 1 aliphatic heterocycles. The van der Waals surface area contributed by atoms with E-state index in [0.29, 0.717) is 5.56 Å². The molecule has 0 spiro atoms. The van der Waals surface area contributed by atoms with Gasteiger partial charge in [0.1, 0.15) is 6.04 Å². The van der Waals surface area contributed by atoms with Crippen molar-refractivity contribution < 1.29 is 22.4 Å². The van der Waals surface area contributed by atoms with E-state index in [0.717, 1.165) is 0 Å². The third-order valence-electron chi connectivity index (χ3n) is 2.67. The van der Waals surface area contributed by atoms with Crippen molar-refractivity contribution in [2.75, 3.05) is 18.6 Å². The zero-order chi connectivity index (χ0) is 12.5. The Hall–Kier alpha value is -1.34. The van der Waals surface area contributed by atoms with Gasteiger partial charge in [-0.15, -0.1) is 0 Å². The minimum Gasteiger partial charge on any atom is -0.472 e. The average molecular weight is 259 g/mol. The van der Waals surface area contributed by atoms with E-state index < -0.39 is 27.9 Å². The minimum atomic E-state index is -3.27. The zero-order valence-electron chi connectivity index (χ0n) is 9.25. The second-order valence-electron chi connectivity index (χ2n) is 3.93. The lowest BCUT2D eigenvalue weighted by atomic mass is 10.1. The zero-order valence-corrected chi connectivity index (χ0v) is 10.1. The maximum Gasteiger partial charge on any atom is 0.323 e. The number of ether oxygens (including phenoxy) is 1. The standard InChI is InChI=1S/C10H13NO5S/c1-15-10(12)9-6-17(13,14)5-8(11-9)7-2-3-16-4-7/h2-4,8-9,11H,5-6H2,1H3. The topological polar surface area (TPSA) is 85.6 Å². The van der Waals surface area contributed by atoms with Gasteiger partial charge < -0.3 is 9.15 Å². The molecule has 6 nitrogen and oxygen atoms in total. The van der Waals surface area contributed by atoms with E-state index in [1.165, 1.54) is 19.6 Å². The van der Waals surface area contributed by atoms with Crippen LogP contribution in [-0.4, -0.2) is 39.0 Å². The molecular formula is C10H13NO5S. The van der Waals surface area contributed by atoms with Gasteiger partial charge in [0, 0.05) is 11.6 Å². The van der Waals surface area contributed by atoms with Gasteiger partial charge in [-0.1, -0.05) is 0 Å². The molecule has 94 valence electrons. The van der Waals surface area contributed by atoms with Crippen molar-refractivity contribution in [3.8, 4) is 0 Å². The summed E-state index contributed by atoms with van der Waals surface area (Å²) < 4.78 is 32.9. The average Bonchev–Trinajstić information content (AvgIpc) is 2.79. The Bertz CT molecular complexity index is 493. The van der Waals surface area contributed by atoms with E-state index in [2.05, 4.69) is 10.1 Å². The van der Waals surface area contributed by atoms with Gasteiger partial charge in [-0.05, 0) is 6.07 Å². The Labute approximate surface area is 98.9 Å². The Kier molecular flexibility index (Phi) is 3.21. The highest BCUT2D eigenvalue weighted by atomic mass is 32.2. The SMILES string of the molecule is COC(=O)C1CS(=O)(=O)CC(c2ccoc2)N1. The van der Waals surface area contributed by atoms with Gasteiger partial charge in [0.2, 0.25) is 0 Å². The number of carbonyl (C=O) groups excluding carboxylic acids is 1. The van der Waals surface area contributed by atoms with Crippen LogP contribution in [0.15, 0.2) is 23.0 Å². The van der Waals surface area contributed by atoms with Crippen LogP contribution in [0.25, 0.3) is 0 Å². The number of furan rings is 1. The van der Waals surface area contributed by atoms with E-state index in [9.17, 15) is 13.2 Å². The molecule has 0 aromatic carbocycles. The van der Waals surface area contributed by atoms with Gasteiger partial charge in [0.15, 0.2) is 9.84 Å². The molecule has 2 atom stereocenters. The van der Waals surface area contributed by atoms with Crippen molar-refractivity contribution in [1.82, 2.24) is 5.32 Å². The highest BCUT2D eigenvalue weighted by Gasteiger charge is 2.36. The fourth-order valence-corrected chi connectivity index (χ4v) is 3.53. The first-order chi connectivity index (χ1) is 8.02. The number of nitrogens with one attached hydrogen (secondary N) is 1. The highest BCUT2D eigenvalue weighted by molar-refractivity contribution is 7.91. The van der Waals surface area contributed by atoms with Crippen LogP contribution in [0.2, 0.25) is 0 Å². The van der Waals surface area contributed by atoms with Gasteiger partial charge in [-0.2, -0.15) is 0 Å². The molecular weight excluding hydrogens is 246 g/mol. The first-order valence-corrected chi connectivity index (χ1v) is 6.90. The number of hydrogen-bond donors (Lipinski definition) is 1. The van der Waals surface area contributed by atoms with Gasteiger partial charge in [0.25, 0.3) is 0 Å². The summed E-state index contributed by atoms with van der Waals surface area (Å²) in [6, 6.07) is 0.419. The summed E-state index contributed by atoms with van der Waals surface area (Å²) in [5, 5.41) is 2.95. The van der Waals surface area contributed by atoms with Crippen molar-refractivity contribution >= 4 is 15.8 Å². The fraction of sp³-hybridized carbons (Fsp3) is 0.500. The molecule has 2 rings (SSSR count). The maximum atomic E-state index is 11.7. The molecule has 1 fully saturated rings. The summed E-state index contributed by atoms with van der Waals surface area (Å²) in [4.78, 5) is 11.4. The third-order valence-corrected chi connectivity index (χ3v) is 4.36. The second-order valence-corrected chi connectivity index (χ2v) is 6.08. The largest absolute Gasteiger partial charge is 0.472 e. The summed E-state index contributed by atoms with van der Waals surface area (Å²) in [7, 11) is -2.03. The van der Waals surface area contributed by atoms with E-state index >= 15 is 0 Å². The molecule has 2 heterocycles. The number of rotatable bonds is 2. The second kappa shape index (κ2) is 4.50. The Morgan fingerprint density at radius 1 is 1.53 bits per heavy atom. The van der Waals surface area contributed by atoms with Crippen LogP contribution >= 0.6 is 0 Å². The third kappa shape index (κ3) is 2.67. The number of methoxy groups -OCH3 is 1. The first-order valence-electron chi connectivity index (χ1n) is 5.08. The number of esters is 1. The lowest BCUT2D eigenvalue weighted by Crippen LogP contribution is -2.51. The van der Waals surface area contributed by atoms with Crippen LogP contribution in [0.4, 0.5) is 0 Å². The number of hydrogen-bond acceptors (Lipinski definition) is 6. The first kappa shape index (κ1) is 12.1. The van der Waals surface area contributed by atoms with Crippen LogP contribution in [0.3, 0.4) is 0 Å². The lowest BCUT2D eigenvalue weighted by molar-refractivity contribution is -0.142. The molecule has 0 aliphatic carbocycles. The number of carbonyl (C=O) groups is 1. The van der Waals surface area contributed by atoms with Crippen molar-refractivity contribution in [3.63, 3.8) is 0 Å². The van der Waals surface area contributed by atoms with Crippen LogP contribution in [-0.2, 0) is 19.4 Å². The molecule has 0 saturated carbocycles. The minimum absolute atomic E-state index is 0.0416. The quantitative estimate of drug-likeness (QED) is 0.745. The summed E-state index contributed by atoms with van der Waals surface area (Å²) in [6.45, 7) is 0. The molecule has 1 N–H and O–H groups in total. The fourth-order valence-electron chi connectivity index (χ4n) is 1.86. The lowest BCUT2D eigenvalue weighted by Gasteiger charge is -2.28. The van der Waals surface area contributed by atoms with Gasteiger partial charge in [-0.25, -0.2) is 8.42 Å². The molecule has 1 aromatic heterocycles. The summed E-state index contributed by atoms with van der Waals surface area (Å²) in [5.41, 5.74) is 0.710. The monoisotopic (exact) mass is 259 g/mol. The van der Waals surface area contributed by atoms with Gasteiger partial charge in [-0.3, -0.25) is 10.1 Å². The predicted molar refractivity (Wildman–Crippen MR) is 59.0 cm³/mol. The molecule has 0 amide bonds. The summed E-state index contributed by atoms with van der Waals surface area (Å²) in [5.74, 6) is -0.838. The normalized spacial score (nSPS) is 27.6. The van der Waals surface area contributed by atoms with E-state index in [4.69, 9.17) is 4.42 Å². The molecule has 0 radical (unpaired) electrons. The molecule has 7 heteroatoms. The molecule has 1 aromatic rings.